The van der Waals surface area contributed by atoms with Gasteiger partial charge in [0.25, 0.3) is 0 Å². The van der Waals surface area contributed by atoms with E-state index in [0.29, 0.717) is 10.6 Å². The molecule has 0 aliphatic carbocycles. The number of nitriles is 1. The quantitative estimate of drug-likeness (QED) is 0.630. The summed E-state index contributed by atoms with van der Waals surface area (Å²) in [4.78, 5) is 0. The van der Waals surface area contributed by atoms with Gasteiger partial charge < -0.3 is 0 Å². The summed E-state index contributed by atoms with van der Waals surface area (Å²) in [7, 11) is 0. The Balaban J connectivity index is 3.18. The van der Waals surface area contributed by atoms with Crippen LogP contribution in [0.25, 0.3) is 5.57 Å². The SMILES string of the molecule is CC(=CC#N)c1ccc(F)cc1Cl. The predicted molar refractivity (Wildman–Crippen MR) is 50.7 cm³/mol. The van der Waals surface area contributed by atoms with Crippen LogP contribution in [0.4, 0.5) is 4.39 Å². The van der Waals surface area contributed by atoms with Crippen LogP contribution in [-0.4, -0.2) is 0 Å². The molecule has 0 radical (unpaired) electrons. The minimum atomic E-state index is -0.376. The molecule has 13 heavy (non-hydrogen) atoms. The van der Waals surface area contributed by atoms with E-state index in [1.165, 1.54) is 18.2 Å². The van der Waals surface area contributed by atoms with E-state index >= 15 is 0 Å². The summed E-state index contributed by atoms with van der Waals surface area (Å²) in [6.45, 7) is 1.75. The van der Waals surface area contributed by atoms with Crippen LogP contribution in [0.15, 0.2) is 24.3 Å². The standard InChI is InChI=1S/C10H7ClFN/c1-7(4-5-13)9-3-2-8(12)6-10(9)11/h2-4,6H,1H3. The van der Waals surface area contributed by atoms with Crippen molar-refractivity contribution in [3.05, 3.63) is 40.7 Å². The number of hydrogen-bond donors (Lipinski definition) is 0. The van der Waals surface area contributed by atoms with Gasteiger partial charge in [0.05, 0.1) is 11.1 Å². The number of benzene rings is 1. The van der Waals surface area contributed by atoms with Gasteiger partial charge in [0.2, 0.25) is 0 Å². The van der Waals surface area contributed by atoms with Crippen LogP contribution in [0.2, 0.25) is 5.02 Å². The highest BCUT2D eigenvalue weighted by Gasteiger charge is 2.02. The average molecular weight is 196 g/mol. The third-order valence-electron chi connectivity index (χ3n) is 1.64. The Morgan fingerprint density at radius 1 is 1.62 bits per heavy atom. The van der Waals surface area contributed by atoms with Crippen molar-refractivity contribution in [2.45, 2.75) is 6.92 Å². The molecule has 66 valence electrons. The van der Waals surface area contributed by atoms with Gasteiger partial charge in [-0.2, -0.15) is 5.26 Å². The summed E-state index contributed by atoms with van der Waals surface area (Å²) in [5, 5.41) is 8.72. The molecule has 1 aromatic rings. The Morgan fingerprint density at radius 2 is 2.31 bits per heavy atom. The Morgan fingerprint density at radius 3 is 2.85 bits per heavy atom. The summed E-state index contributed by atoms with van der Waals surface area (Å²) in [6.07, 6.45) is 1.37. The molecule has 0 atom stereocenters. The lowest BCUT2D eigenvalue weighted by molar-refractivity contribution is 0.628. The Labute approximate surface area is 81.1 Å². The highest BCUT2D eigenvalue weighted by atomic mass is 35.5. The third-order valence-corrected chi connectivity index (χ3v) is 1.95. The van der Waals surface area contributed by atoms with Crippen LogP contribution >= 0.6 is 11.6 Å². The fraction of sp³-hybridized carbons (Fsp3) is 0.100. The predicted octanol–water partition coefficient (Wildman–Crippen LogP) is 3.41. The van der Waals surface area contributed by atoms with Crippen molar-refractivity contribution in [2.24, 2.45) is 0 Å². The monoisotopic (exact) mass is 195 g/mol. The van der Waals surface area contributed by atoms with Crippen molar-refractivity contribution in [2.75, 3.05) is 0 Å². The van der Waals surface area contributed by atoms with Crippen molar-refractivity contribution in [3.8, 4) is 6.07 Å². The van der Waals surface area contributed by atoms with Crippen molar-refractivity contribution in [1.82, 2.24) is 0 Å². The lowest BCUT2D eigenvalue weighted by Gasteiger charge is -2.02. The second-order valence-electron chi connectivity index (χ2n) is 2.58. The van der Waals surface area contributed by atoms with Gasteiger partial charge >= 0.3 is 0 Å². The first-order chi connectivity index (χ1) is 6.15. The molecule has 0 saturated heterocycles. The number of rotatable bonds is 1. The maximum absolute atomic E-state index is 12.6. The minimum absolute atomic E-state index is 0.323. The molecule has 0 spiro atoms. The molecule has 1 rings (SSSR count). The van der Waals surface area contributed by atoms with Crippen LogP contribution in [0.3, 0.4) is 0 Å². The topological polar surface area (TPSA) is 23.8 Å². The smallest absolute Gasteiger partial charge is 0.124 e. The van der Waals surface area contributed by atoms with Gasteiger partial charge in [0.1, 0.15) is 5.82 Å². The zero-order valence-corrected chi connectivity index (χ0v) is 7.77. The molecule has 0 bridgehead atoms. The van der Waals surface area contributed by atoms with Crippen LogP contribution in [-0.2, 0) is 0 Å². The molecule has 3 heteroatoms. The third kappa shape index (κ3) is 2.30. The van der Waals surface area contributed by atoms with Gasteiger partial charge in [-0.15, -0.1) is 0 Å². The fourth-order valence-corrected chi connectivity index (χ4v) is 1.30. The maximum atomic E-state index is 12.6. The van der Waals surface area contributed by atoms with Crippen molar-refractivity contribution in [3.63, 3.8) is 0 Å². The van der Waals surface area contributed by atoms with Gasteiger partial charge in [-0.25, -0.2) is 4.39 Å². The van der Waals surface area contributed by atoms with Crippen LogP contribution in [0.1, 0.15) is 12.5 Å². The van der Waals surface area contributed by atoms with E-state index in [4.69, 9.17) is 16.9 Å². The van der Waals surface area contributed by atoms with Crippen LogP contribution in [0.5, 0.6) is 0 Å². The lowest BCUT2D eigenvalue weighted by atomic mass is 10.1. The molecular formula is C10H7ClFN. The maximum Gasteiger partial charge on any atom is 0.124 e. The second-order valence-corrected chi connectivity index (χ2v) is 2.99. The number of hydrogen-bond acceptors (Lipinski definition) is 1. The molecule has 1 aromatic carbocycles. The van der Waals surface area contributed by atoms with Crippen molar-refractivity contribution >= 4 is 17.2 Å². The number of halogens is 2. The van der Waals surface area contributed by atoms with E-state index in [1.807, 2.05) is 6.07 Å². The molecular weight excluding hydrogens is 189 g/mol. The molecule has 0 aliphatic rings. The summed E-state index contributed by atoms with van der Waals surface area (Å²) in [5.74, 6) is -0.376. The highest BCUT2D eigenvalue weighted by Crippen LogP contribution is 2.23. The first-order valence-corrected chi connectivity index (χ1v) is 4.04. The van der Waals surface area contributed by atoms with Crippen LogP contribution < -0.4 is 0 Å². The average Bonchev–Trinajstić information content (AvgIpc) is 2.04. The zero-order chi connectivity index (χ0) is 9.84. The van der Waals surface area contributed by atoms with E-state index in [-0.39, 0.29) is 5.82 Å². The highest BCUT2D eigenvalue weighted by molar-refractivity contribution is 6.32. The second kappa shape index (κ2) is 4.06. The molecule has 0 heterocycles. The Bertz CT molecular complexity index is 390. The number of allylic oxidation sites excluding steroid dienone is 2. The summed E-state index contributed by atoms with van der Waals surface area (Å²) < 4.78 is 12.6. The van der Waals surface area contributed by atoms with Gasteiger partial charge in [-0.3, -0.25) is 0 Å². The molecule has 0 aromatic heterocycles. The lowest BCUT2D eigenvalue weighted by Crippen LogP contribution is -1.83. The summed E-state index contributed by atoms with van der Waals surface area (Å²) in [6, 6.07) is 5.99. The number of nitrogens with zero attached hydrogens (tertiary/aromatic N) is 1. The van der Waals surface area contributed by atoms with Crippen LogP contribution in [0, 0.1) is 17.1 Å². The van der Waals surface area contributed by atoms with Gasteiger partial charge in [-0.05, 0) is 30.2 Å². The van der Waals surface area contributed by atoms with Crippen molar-refractivity contribution < 1.29 is 4.39 Å². The summed E-state index contributed by atoms with van der Waals surface area (Å²) >= 11 is 5.77. The van der Waals surface area contributed by atoms with E-state index in [0.717, 1.165) is 5.57 Å². The normalized spacial score (nSPS) is 11.1. The van der Waals surface area contributed by atoms with E-state index in [2.05, 4.69) is 0 Å². The van der Waals surface area contributed by atoms with Crippen molar-refractivity contribution in [1.29, 1.82) is 5.26 Å². The fourth-order valence-electron chi connectivity index (χ4n) is 0.984. The Hall–Kier alpha value is -1.33. The molecule has 1 nitrogen and oxygen atoms in total. The first kappa shape index (κ1) is 9.76. The van der Waals surface area contributed by atoms with Gasteiger partial charge in [0.15, 0.2) is 0 Å². The summed E-state index contributed by atoms with van der Waals surface area (Å²) in [5.41, 5.74) is 1.41. The van der Waals surface area contributed by atoms with Gasteiger partial charge in [0, 0.05) is 6.08 Å². The molecule has 0 amide bonds. The first-order valence-electron chi connectivity index (χ1n) is 3.67. The minimum Gasteiger partial charge on any atom is -0.207 e. The molecule has 0 saturated carbocycles. The molecule has 0 fully saturated rings. The zero-order valence-electron chi connectivity index (χ0n) is 7.01. The largest absolute Gasteiger partial charge is 0.207 e. The van der Waals surface area contributed by atoms with E-state index in [1.54, 1.807) is 13.0 Å². The van der Waals surface area contributed by atoms with E-state index < -0.39 is 0 Å². The molecule has 0 unspecified atom stereocenters. The van der Waals surface area contributed by atoms with E-state index in [9.17, 15) is 4.39 Å². The van der Waals surface area contributed by atoms with Gasteiger partial charge in [-0.1, -0.05) is 17.7 Å². The Kier molecular flexibility index (Phi) is 3.05. The molecule has 0 aliphatic heterocycles. The molecule has 0 N–H and O–H groups in total.